The van der Waals surface area contributed by atoms with E-state index in [9.17, 15) is 0 Å². The minimum Gasteiger partial charge on any atom is -0.388 e. The van der Waals surface area contributed by atoms with E-state index in [1.54, 1.807) is 5.57 Å². The van der Waals surface area contributed by atoms with E-state index in [4.69, 9.17) is 0 Å². The van der Waals surface area contributed by atoms with Crippen molar-refractivity contribution in [3.05, 3.63) is 11.3 Å². The molecule has 0 fully saturated rings. The molecule has 0 aromatic carbocycles. The number of nitrogens with one attached hydrogen (secondary N) is 1. The number of hydrogen-bond donors (Lipinski definition) is 1. The highest BCUT2D eigenvalue weighted by Crippen LogP contribution is 2.42. The van der Waals surface area contributed by atoms with Gasteiger partial charge < -0.3 is 5.32 Å². The van der Waals surface area contributed by atoms with Gasteiger partial charge in [0.25, 0.3) is 0 Å². The molecule has 0 aromatic rings. The van der Waals surface area contributed by atoms with E-state index < -0.39 is 0 Å². The summed E-state index contributed by atoms with van der Waals surface area (Å²) >= 11 is 0. The van der Waals surface area contributed by atoms with Crippen molar-refractivity contribution in [3.63, 3.8) is 0 Å². The zero-order valence-corrected chi connectivity index (χ0v) is 11.3. The predicted octanol–water partition coefficient (Wildman–Crippen LogP) is 3.96. The van der Waals surface area contributed by atoms with E-state index in [0.717, 1.165) is 12.5 Å². The molecule has 0 radical (unpaired) electrons. The molecule has 1 atom stereocenters. The summed E-state index contributed by atoms with van der Waals surface area (Å²) in [6.45, 7) is 15.1. The second-order valence-corrected chi connectivity index (χ2v) is 5.71. The van der Waals surface area contributed by atoms with Crippen LogP contribution in [0.2, 0.25) is 0 Å². The predicted molar refractivity (Wildman–Crippen MR) is 67.7 cm³/mol. The van der Waals surface area contributed by atoms with Gasteiger partial charge in [-0.25, -0.2) is 0 Å². The number of rotatable bonds is 4. The highest BCUT2D eigenvalue weighted by Gasteiger charge is 2.34. The van der Waals surface area contributed by atoms with Crippen molar-refractivity contribution in [1.29, 1.82) is 0 Å². The summed E-state index contributed by atoms with van der Waals surface area (Å²) in [6, 6.07) is 0. The van der Waals surface area contributed by atoms with Crippen LogP contribution in [-0.4, -0.2) is 6.54 Å². The summed E-state index contributed by atoms with van der Waals surface area (Å²) in [7, 11) is 0. The quantitative estimate of drug-likeness (QED) is 0.739. The van der Waals surface area contributed by atoms with Gasteiger partial charge in [-0.3, -0.25) is 0 Å². The maximum Gasteiger partial charge on any atom is 0.0210 e. The summed E-state index contributed by atoms with van der Waals surface area (Å²) < 4.78 is 0. The minimum atomic E-state index is 0.365. The SMILES string of the molecule is CCC1CNC(C(C)C)=C1C(C)(C)CC. The Morgan fingerprint density at radius 3 is 2.33 bits per heavy atom. The maximum absolute atomic E-state index is 3.63. The second kappa shape index (κ2) is 4.59. The molecule has 88 valence electrons. The molecule has 0 saturated heterocycles. The zero-order valence-electron chi connectivity index (χ0n) is 11.3. The Hall–Kier alpha value is -0.460. The Bertz CT molecular complexity index is 248. The molecule has 1 nitrogen and oxygen atoms in total. The van der Waals surface area contributed by atoms with Crippen LogP contribution in [0.25, 0.3) is 0 Å². The van der Waals surface area contributed by atoms with Crippen LogP contribution in [0, 0.1) is 17.3 Å². The highest BCUT2D eigenvalue weighted by atomic mass is 14.9. The zero-order chi connectivity index (χ0) is 11.6. The average Bonchev–Trinajstić information content (AvgIpc) is 2.61. The summed E-state index contributed by atoms with van der Waals surface area (Å²) in [5.74, 6) is 1.40. The Kier molecular flexibility index (Phi) is 3.86. The molecule has 1 N–H and O–H groups in total. The van der Waals surface area contributed by atoms with Crippen LogP contribution in [0.4, 0.5) is 0 Å². The standard InChI is InChI=1S/C14H27N/c1-7-11-9-15-13(10(3)4)12(11)14(5,6)8-2/h10-11,15H,7-9H2,1-6H3. The van der Waals surface area contributed by atoms with Crippen LogP contribution in [0.5, 0.6) is 0 Å². The second-order valence-electron chi connectivity index (χ2n) is 5.71. The highest BCUT2D eigenvalue weighted by molar-refractivity contribution is 5.28. The fourth-order valence-electron chi connectivity index (χ4n) is 2.62. The van der Waals surface area contributed by atoms with Crippen molar-refractivity contribution >= 4 is 0 Å². The van der Waals surface area contributed by atoms with Gasteiger partial charge in [-0.1, -0.05) is 41.5 Å². The van der Waals surface area contributed by atoms with Crippen molar-refractivity contribution in [1.82, 2.24) is 5.32 Å². The van der Waals surface area contributed by atoms with Gasteiger partial charge in [-0.2, -0.15) is 0 Å². The normalized spacial score (nSPS) is 22.5. The third kappa shape index (κ3) is 2.38. The minimum absolute atomic E-state index is 0.365. The van der Waals surface area contributed by atoms with E-state index in [0.29, 0.717) is 11.3 Å². The van der Waals surface area contributed by atoms with Crippen LogP contribution < -0.4 is 5.32 Å². The van der Waals surface area contributed by atoms with Gasteiger partial charge in [0.2, 0.25) is 0 Å². The smallest absolute Gasteiger partial charge is 0.0210 e. The lowest BCUT2D eigenvalue weighted by Crippen LogP contribution is -2.20. The molecular formula is C14H27N. The monoisotopic (exact) mass is 209 g/mol. The van der Waals surface area contributed by atoms with Crippen LogP contribution in [0.3, 0.4) is 0 Å². The van der Waals surface area contributed by atoms with E-state index in [1.165, 1.54) is 18.5 Å². The first-order valence-electron chi connectivity index (χ1n) is 6.42. The lowest BCUT2D eigenvalue weighted by atomic mass is 9.74. The first kappa shape index (κ1) is 12.6. The molecule has 1 aliphatic rings. The summed E-state index contributed by atoms with van der Waals surface area (Å²) in [4.78, 5) is 0. The van der Waals surface area contributed by atoms with Gasteiger partial charge in [0.1, 0.15) is 0 Å². The largest absolute Gasteiger partial charge is 0.388 e. The Morgan fingerprint density at radius 1 is 1.33 bits per heavy atom. The molecule has 0 amide bonds. The average molecular weight is 209 g/mol. The Balaban J connectivity index is 3.08. The fraction of sp³-hybridized carbons (Fsp3) is 0.857. The van der Waals surface area contributed by atoms with Gasteiger partial charge in [0.15, 0.2) is 0 Å². The van der Waals surface area contributed by atoms with Crippen molar-refractivity contribution in [2.24, 2.45) is 17.3 Å². The molecule has 1 heterocycles. The fourth-order valence-corrected chi connectivity index (χ4v) is 2.62. The molecule has 0 bridgehead atoms. The van der Waals surface area contributed by atoms with E-state index in [-0.39, 0.29) is 0 Å². The topological polar surface area (TPSA) is 12.0 Å². The van der Waals surface area contributed by atoms with Gasteiger partial charge in [0.05, 0.1) is 0 Å². The van der Waals surface area contributed by atoms with Crippen molar-refractivity contribution in [2.45, 2.75) is 54.4 Å². The molecule has 0 aliphatic carbocycles. The van der Waals surface area contributed by atoms with Crippen molar-refractivity contribution in [3.8, 4) is 0 Å². The van der Waals surface area contributed by atoms with Crippen LogP contribution >= 0.6 is 0 Å². The molecule has 0 spiro atoms. The molecule has 1 unspecified atom stereocenters. The number of allylic oxidation sites excluding steroid dienone is 1. The van der Waals surface area contributed by atoms with Gasteiger partial charge in [0, 0.05) is 12.2 Å². The Morgan fingerprint density at radius 2 is 1.93 bits per heavy atom. The summed E-state index contributed by atoms with van der Waals surface area (Å²) in [5, 5.41) is 3.63. The van der Waals surface area contributed by atoms with Gasteiger partial charge in [-0.05, 0) is 35.7 Å². The molecule has 1 aliphatic heterocycles. The maximum atomic E-state index is 3.63. The van der Waals surface area contributed by atoms with Gasteiger partial charge in [-0.15, -0.1) is 0 Å². The Labute approximate surface area is 95.3 Å². The van der Waals surface area contributed by atoms with Crippen LogP contribution in [0.15, 0.2) is 11.3 Å². The first-order valence-corrected chi connectivity index (χ1v) is 6.42. The van der Waals surface area contributed by atoms with Crippen LogP contribution in [0.1, 0.15) is 54.4 Å². The van der Waals surface area contributed by atoms with E-state index in [2.05, 4.69) is 46.9 Å². The first-order chi connectivity index (χ1) is 6.94. The number of hydrogen-bond acceptors (Lipinski definition) is 1. The molecule has 0 aromatic heterocycles. The molecular weight excluding hydrogens is 182 g/mol. The van der Waals surface area contributed by atoms with Crippen molar-refractivity contribution < 1.29 is 0 Å². The molecule has 1 heteroatoms. The van der Waals surface area contributed by atoms with E-state index >= 15 is 0 Å². The summed E-state index contributed by atoms with van der Waals surface area (Å²) in [6.07, 6.45) is 2.50. The molecule has 15 heavy (non-hydrogen) atoms. The molecule has 1 rings (SSSR count). The van der Waals surface area contributed by atoms with Crippen LogP contribution in [-0.2, 0) is 0 Å². The third-order valence-corrected chi connectivity index (χ3v) is 3.92. The summed E-state index contributed by atoms with van der Waals surface area (Å²) in [5.41, 5.74) is 3.58. The van der Waals surface area contributed by atoms with Crippen molar-refractivity contribution in [2.75, 3.05) is 6.54 Å². The lowest BCUT2D eigenvalue weighted by Gasteiger charge is -2.30. The molecule has 0 saturated carbocycles. The third-order valence-electron chi connectivity index (χ3n) is 3.92. The van der Waals surface area contributed by atoms with E-state index in [1.807, 2.05) is 0 Å². The van der Waals surface area contributed by atoms with Gasteiger partial charge >= 0.3 is 0 Å². The lowest BCUT2D eigenvalue weighted by molar-refractivity contribution is 0.376.